The quantitative estimate of drug-likeness (QED) is 0.0255. The van der Waals surface area contributed by atoms with Crippen LogP contribution in [0.2, 0.25) is 0 Å². The first-order chi connectivity index (χ1) is 44.7. The van der Waals surface area contributed by atoms with Crippen LogP contribution in [0.3, 0.4) is 0 Å². The van der Waals surface area contributed by atoms with Gasteiger partial charge in [0.05, 0.1) is 26.4 Å². The molecule has 0 radical (unpaired) electrons. The fourth-order valence-corrected chi connectivity index (χ4v) is 14.7. The molecule has 4 aliphatic rings. The van der Waals surface area contributed by atoms with Crippen LogP contribution in [0, 0.1) is 0 Å². The Morgan fingerprint density at radius 1 is 0.188 bits per heavy atom. The molecule has 0 amide bonds. The Kier molecular flexibility index (Phi) is 29.8. The van der Waals surface area contributed by atoms with Crippen molar-refractivity contribution in [3.8, 4) is 0 Å². The van der Waals surface area contributed by atoms with Gasteiger partial charge in [-0.2, -0.15) is 118 Å². The molecule has 101 heavy (non-hydrogen) atoms. The summed E-state index contributed by atoms with van der Waals surface area (Å²) >= 11 is 0. The summed E-state index contributed by atoms with van der Waals surface area (Å²) in [6.07, 6.45) is -72.8. The van der Waals surface area contributed by atoms with E-state index in [0.717, 1.165) is 0 Å². The molecule has 0 bridgehead atoms. The first-order valence-electron chi connectivity index (χ1n) is 23.3. The number of rotatable bonds is 38. The first kappa shape index (κ1) is 91.3. The van der Waals surface area contributed by atoms with Crippen molar-refractivity contribution in [2.45, 2.75) is 123 Å². The van der Waals surface area contributed by atoms with Gasteiger partial charge < -0.3 is 33.2 Å². The molecule has 0 spiro atoms. The zero-order valence-corrected chi connectivity index (χ0v) is 57.8. The Morgan fingerprint density at radius 2 is 0.356 bits per heavy atom. The highest BCUT2D eigenvalue weighted by Crippen LogP contribution is 2.41. The van der Waals surface area contributed by atoms with Crippen molar-refractivity contribution in [1.82, 2.24) is 0 Å². The lowest BCUT2D eigenvalue weighted by Gasteiger charge is -2.49. The van der Waals surface area contributed by atoms with E-state index in [-0.39, 0.29) is 0 Å². The third-order valence-corrected chi connectivity index (χ3v) is 17.5. The number of hydrogen-bond acceptors (Lipinski definition) is 49. The van der Waals surface area contributed by atoms with Crippen molar-refractivity contribution in [2.75, 3.05) is 26.4 Å². The molecule has 63 nitrogen and oxygen atoms in total. The van der Waals surface area contributed by atoms with Crippen molar-refractivity contribution >= 4 is 146 Å². The largest absolute Gasteiger partial charge is 0.397 e. The van der Waals surface area contributed by atoms with Crippen LogP contribution < -0.4 is 0 Å². The lowest BCUT2D eigenvalue weighted by molar-refractivity contribution is -0.383. The van der Waals surface area contributed by atoms with E-state index in [4.69, 9.17) is 33.2 Å². The van der Waals surface area contributed by atoms with Gasteiger partial charge in [0.2, 0.25) is 0 Å². The third-order valence-electron chi connectivity index (χ3n) is 11.1. The van der Waals surface area contributed by atoms with Gasteiger partial charge in [-0.25, -0.2) is 58.6 Å². The van der Waals surface area contributed by atoms with Gasteiger partial charge in [0.15, 0.2) is 49.6 Å². The smallest absolute Gasteiger partial charge is 0.347 e. The predicted octanol–water partition coefficient (Wildman–Crippen LogP) is -12.2. The first-order valence-corrected chi connectivity index (χ1v) is 42.4. The zero-order chi connectivity index (χ0) is 78.2. The summed E-state index contributed by atoms with van der Waals surface area (Å²) < 4.78 is 571. The molecule has 77 heteroatoms. The molecule has 14 N–H and O–H groups in total. The fourth-order valence-electron chi connectivity index (χ4n) is 8.36. The van der Waals surface area contributed by atoms with Crippen molar-refractivity contribution in [3.05, 3.63) is 0 Å². The second-order valence-corrected chi connectivity index (χ2v) is 33.1. The van der Waals surface area contributed by atoms with Gasteiger partial charge >= 0.3 is 146 Å². The van der Waals surface area contributed by atoms with Gasteiger partial charge in [0, 0.05) is 0 Å². The monoisotopic (exact) mass is 1790 g/mol. The summed E-state index contributed by atoms with van der Waals surface area (Å²) in [5.74, 6) is 0. The highest BCUT2D eigenvalue weighted by Gasteiger charge is 2.62. The molecule has 0 aliphatic carbocycles. The van der Waals surface area contributed by atoms with E-state index in [9.17, 15) is 182 Å². The average molecular weight is 1790 g/mol. The highest BCUT2D eigenvalue weighted by molar-refractivity contribution is 7.84. The Morgan fingerprint density at radius 3 is 0.584 bits per heavy atom. The number of hydrogen-bond donors (Lipinski definition) is 14. The van der Waals surface area contributed by atoms with Crippen LogP contribution in [-0.4, -0.2) is 331 Å². The second kappa shape index (κ2) is 33.0. The van der Waals surface area contributed by atoms with Crippen molar-refractivity contribution in [3.63, 3.8) is 0 Å². The molecule has 0 saturated carbocycles. The minimum absolute atomic E-state index is 2.12. The molecule has 600 valence electrons. The molecule has 4 saturated heterocycles. The maximum Gasteiger partial charge on any atom is 0.397 e. The van der Waals surface area contributed by atoms with Crippen LogP contribution in [0.15, 0.2) is 0 Å². The van der Waals surface area contributed by atoms with Crippen LogP contribution >= 0.6 is 0 Å². The van der Waals surface area contributed by atoms with Crippen LogP contribution in [0.4, 0.5) is 0 Å². The standard InChI is InChI=1S/C24H42O63S14/c25-88(26,27)68-2-6-9(13(80-94(43,44)45)18(85-99(58,59)60)23(73-6)76-24-20(87-101(64,65)66)16(83-97(52,53)54)12(79-93(40,41)42)8(74-24)4-70-90(31,32)33)75-22-19(86-100(61,62)63)15(82-96(49,50)51)10(77-91(34,35)36)5(72-22)1-67-21-17(84-98(55,56)57)14(81-95(46,47)48)11(78-92(37,38)39)7(71-21)3-69-89(28,29)30/h5-24H,1-4H2,(H,25,26,27)(H,28,29,30)(H,31,32,33)(H,34,35,36)(H,37,38,39)(H,40,41,42)(H,43,44,45)(H,46,47,48)(H,49,50,51)(H,52,53,54)(H,55,56,57)(H,58,59,60)(H,61,62,63)(H,64,65,66)/t5-,6-,7-,8-,9-,10-,11-,12-,13+,14+,15+,16+,17-,18-,19-,20-,21+,22+,23-,24-/m1/s1. The SMILES string of the molecule is O=S(=O)(O)OC[C@H]1O[C@H](O[C@H]2O[C@H](COS(=O)(=O)O)[C@@H](OS(=O)(=O)O)[C@H](OS(=O)(=O)O)[C@H]2OS(=O)(=O)O)[C@H](OS(=O)(=O)O)[C@@H](OS(=O)(=O)O)[C@@H]1O[C@@H]1O[C@H](CO[C@H]2O[C@H](COS(=O)(=O)O)[C@@H](OS(=O)(=O)O)[C@H](OS(=O)(=O)O)[C@H]2OS(=O)(=O)O)[C@@H](OS(=O)(=O)O)[C@H](OS(=O)(=O)O)[C@H]1OS(=O)(=O)O. The van der Waals surface area contributed by atoms with E-state index in [1.54, 1.807) is 0 Å². The van der Waals surface area contributed by atoms with E-state index in [0.29, 0.717) is 0 Å². The summed E-state index contributed by atoms with van der Waals surface area (Å²) in [4.78, 5) is 0. The topological polar surface area (TPSA) is 955 Å². The minimum atomic E-state index is -6.81. The van der Waals surface area contributed by atoms with Crippen molar-refractivity contribution < 1.29 is 273 Å². The van der Waals surface area contributed by atoms with Gasteiger partial charge in [-0.3, -0.25) is 63.7 Å². The molecule has 4 aliphatic heterocycles. The van der Waals surface area contributed by atoms with Gasteiger partial charge in [0.1, 0.15) is 73.2 Å². The maximum atomic E-state index is 12.8. The summed E-state index contributed by atoms with van der Waals surface area (Å²) in [5, 5.41) is 0. The molecule has 4 fully saturated rings. The maximum absolute atomic E-state index is 12.8. The van der Waals surface area contributed by atoms with E-state index in [1.807, 2.05) is 0 Å². The van der Waals surface area contributed by atoms with Crippen LogP contribution in [-0.2, 0) is 237 Å². The lowest BCUT2D eigenvalue weighted by atomic mass is 9.96. The average Bonchev–Trinajstić information content (AvgIpc) is 0.761. The lowest BCUT2D eigenvalue weighted by Crippen LogP contribution is -2.68. The summed E-state index contributed by atoms with van der Waals surface area (Å²) in [7, 11) is -90.3. The molecular formula is C24H42O63S14. The van der Waals surface area contributed by atoms with E-state index in [2.05, 4.69) is 58.6 Å². The molecule has 4 heterocycles. The second-order valence-electron chi connectivity index (χ2n) is 18.3. The summed E-state index contributed by atoms with van der Waals surface area (Å²) in [6.45, 7) is -9.13. The van der Waals surface area contributed by atoms with Gasteiger partial charge in [-0.1, -0.05) is 0 Å². The van der Waals surface area contributed by atoms with Crippen molar-refractivity contribution in [2.24, 2.45) is 0 Å². The summed E-state index contributed by atoms with van der Waals surface area (Å²) in [6, 6.07) is 0. The highest BCUT2D eigenvalue weighted by atomic mass is 32.3. The number of ether oxygens (including phenoxy) is 7. The summed E-state index contributed by atoms with van der Waals surface area (Å²) in [5.41, 5.74) is 0. The molecular weight excluding hydrogens is 1750 g/mol. The van der Waals surface area contributed by atoms with E-state index < -0.39 is 295 Å². The van der Waals surface area contributed by atoms with Gasteiger partial charge in [0.25, 0.3) is 0 Å². The van der Waals surface area contributed by atoms with Crippen LogP contribution in [0.25, 0.3) is 0 Å². The molecule has 4 rings (SSSR count). The predicted molar refractivity (Wildman–Crippen MR) is 280 cm³/mol. The zero-order valence-electron chi connectivity index (χ0n) is 46.4. The van der Waals surface area contributed by atoms with Crippen molar-refractivity contribution in [1.29, 1.82) is 0 Å². The minimum Gasteiger partial charge on any atom is -0.347 e. The Balaban J connectivity index is 2.16. The molecule has 20 atom stereocenters. The van der Waals surface area contributed by atoms with E-state index >= 15 is 0 Å². The van der Waals surface area contributed by atoms with Gasteiger partial charge in [-0.05, 0) is 0 Å². The Bertz CT molecular complexity index is 4610. The Hall–Kier alpha value is -2.10. The third kappa shape index (κ3) is 33.5. The van der Waals surface area contributed by atoms with Gasteiger partial charge in [-0.15, -0.1) is 0 Å². The molecule has 0 aromatic carbocycles. The molecule has 0 aromatic heterocycles. The normalized spacial score (nSPS) is 32.5. The molecule has 0 unspecified atom stereocenters. The van der Waals surface area contributed by atoms with Crippen LogP contribution in [0.1, 0.15) is 0 Å². The molecule has 0 aromatic rings. The fraction of sp³-hybridized carbons (Fsp3) is 1.00. The van der Waals surface area contributed by atoms with Crippen LogP contribution in [0.5, 0.6) is 0 Å². The van der Waals surface area contributed by atoms with E-state index in [1.165, 1.54) is 0 Å². The Labute approximate surface area is 564 Å².